The van der Waals surface area contributed by atoms with Gasteiger partial charge in [-0.15, -0.1) is 0 Å². The molecule has 2 rings (SSSR count). The van der Waals surface area contributed by atoms with Gasteiger partial charge < -0.3 is 15.5 Å². The molecule has 0 aromatic carbocycles. The number of carboxylic acid groups (broad SMARTS) is 1. The second-order valence-corrected chi connectivity index (χ2v) is 5.48. The van der Waals surface area contributed by atoms with Crippen LogP contribution in [0.2, 0.25) is 0 Å². The average molecular weight is 264 g/mol. The third-order valence-electron chi connectivity index (χ3n) is 3.69. The highest BCUT2D eigenvalue weighted by atomic mass is 16.4. The standard InChI is InChI=1S/C14H20N2O3/c1-10-4-2-6-14(19,8-10)9-16-12-11(13(17)18)5-3-7-15-12/h3,5,7,10,19H,2,4,6,8-9H2,1H3,(H,15,16)(H,17,18). The van der Waals surface area contributed by atoms with Gasteiger partial charge in [-0.3, -0.25) is 0 Å². The summed E-state index contributed by atoms with van der Waals surface area (Å²) >= 11 is 0. The second kappa shape index (κ2) is 5.57. The maximum Gasteiger partial charge on any atom is 0.339 e. The van der Waals surface area contributed by atoms with E-state index in [1.807, 2.05) is 0 Å². The molecule has 1 aliphatic carbocycles. The maximum absolute atomic E-state index is 11.1. The molecule has 1 fully saturated rings. The van der Waals surface area contributed by atoms with E-state index in [9.17, 15) is 9.90 Å². The number of nitrogens with zero attached hydrogens (tertiary/aromatic N) is 1. The Kier molecular flexibility index (Phi) is 4.04. The molecule has 1 saturated carbocycles. The number of aromatic nitrogens is 1. The molecule has 1 aromatic rings. The van der Waals surface area contributed by atoms with E-state index >= 15 is 0 Å². The molecule has 2 unspecified atom stereocenters. The zero-order valence-electron chi connectivity index (χ0n) is 11.1. The fourth-order valence-electron chi connectivity index (χ4n) is 2.76. The van der Waals surface area contributed by atoms with Crippen molar-refractivity contribution in [2.45, 2.75) is 38.2 Å². The van der Waals surface area contributed by atoms with Crippen molar-refractivity contribution in [3.63, 3.8) is 0 Å². The molecule has 1 aliphatic rings. The summed E-state index contributed by atoms with van der Waals surface area (Å²) in [5.74, 6) is -0.190. The van der Waals surface area contributed by atoms with Crippen LogP contribution in [0.4, 0.5) is 5.82 Å². The summed E-state index contributed by atoms with van der Waals surface area (Å²) in [5.41, 5.74) is -0.625. The van der Waals surface area contributed by atoms with E-state index in [0.717, 1.165) is 25.7 Å². The number of aromatic carboxylic acids is 1. The number of carboxylic acids is 1. The van der Waals surface area contributed by atoms with E-state index in [1.54, 1.807) is 12.3 Å². The van der Waals surface area contributed by atoms with Crippen molar-refractivity contribution in [1.82, 2.24) is 4.98 Å². The first-order valence-electron chi connectivity index (χ1n) is 6.65. The molecule has 5 nitrogen and oxygen atoms in total. The number of nitrogens with one attached hydrogen (secondary N) is 1. The number of hydrogen-bond donors (Lipinski definition) is 3. The predicted molar refractivity (Wildman–Crippen MR) is 72.3 cm³/mol. The van der Waals surface area contributed by atoms with Crippen molar-refractivity contribution < 1.29 is 15.0 Å². The van der Waals surface area contributed by atoms with Crippen LogP contribution in [-0.2, 0) is 0 Å². The summed E-state index contributed by atoms with van der Waals surface area (Å²) in [6.07, 6.45) is 5.19. The van der Waals surface area contributed by atoms with Crippen LogP contribution in [0.3, 0.4) is 0 Å². The van der Waals surface area contributed by atoms with Crippen molar-refractivity contribution in [2.24, 2.45) is 5.92 Å². The van der Waals surface area contributed by atoms with E-state index in [1.165, 1.54) is 6.07 Å². The van der Waals surface area contributed by atoms with Gasteiger partial charge in [-0.25, -0.2) is 9.78 Å². The minimum Gasteiger partial charge on any atom is -0.478 e. The highest BCUT2D eigenvalue weighted by Crippen LogP contribution is 2.32. The quantitative estimate of drug-likeness (QED) is 0.776. The number of carbonyl (C=O) groups is 1. The van der Waals surface area contributed by atoms with Gasteiger partial charge in [0.1, 0.15) is 11.4 Å². The number of pyridine rings is 1. The summed E-state index contributed by atoms with van der Waals surface area (Å²) in [5, 5.41) is 22.5. The molecule has 5 heteroatoms. The Balaban J connectivity index is 2.04. The van der Waals surface area contributed by atoms with Crippen molar-refractivity contribution in [1.29, 1.82) is 0 Å². The fourth-order valence-corrected chi connectivity index (χ4v) is 2.76. The Labute approximate surface area is 112 Å². The smallest absolute Gasteiger partial charge is 0.339 e. The van der Waals surface area contributed by atoms with E-state index in [2.05, 4.69) is 17.2 Å². The molecule has 0 saturated heterocycles. The van der Waals surface area contributed by atoms with Crippen LogP contribution in [0.15, 0.2) is 18.3 Å². The van der Waals surface area contributed by atoms with Crippen LogP contribution in [0, 0.1) is 5.92 Å². The molecule has 0 radical (unpaired) electrons. The molecule has 0 amide bonds. The largest absolute Gasteiger partial charge is 0.478 e. The summed E-state index contributed by atoms with van der Waals surface area (Å²) in [6.45, 7) is 2.47. The van der Waals surface area contributed by atoms with Crippen molar-refractivity contribution in [3.8, 4) is 0 Å². The highest BCUT2D eigenvalue weighted by Gasteiger charge is 2.32. The van der Waals surface area contributed by atoms with Gasteiger partial charge in [-0.05, 0) is 30.9 Å². The molecule has 1 heterocycles. The number of rotatable bonds is 4. The Morgan fingerprint density at radius 2 is 2.42 bits per heavy atom. The van der Waals surface area contributed by atoms with Crippen LogP contribution in [-0.4, -0.2) is 33.3 Å². The van der Waals surface area contributed by atoms with E-state index in [4.69, 9.17) is 5.11 Å². The van der Waals surface area contributed by atoms with E-state index in [-0.39, 0.29) is 5.56 Å². The third-order valence-corrected chi connectivity index (χ3v) is 3.69. The molecule has 0 spiro atoms. The average Bonchev–Trinajstić information content (AvgIpc) is 2.36. The van der Waals surface area contributed by atoms with Crippen molar-refractivity contribution in [3.05, 3.63) is 23.9 Å². The molecule has 1 aromatic heterocycles. The molecule has 2 atom stereocenters. The molecular formula is C14H20N2O3. The molecule has 104 valence electrons. The predicted octanol–water partition coefficient (Wildman–Crippen LogP) is 2.13. The van der Waals surface area contributed by atoms with E-state index < -0.39 is 11.6 Å². The van der Waals surface area contributed by atoms with Gasteiger partial charge in [0.25, 0.3) is 0 Å². The number of anilines is 1. The highest BCUT2D eigenvalue weighted by molar-refractivity contribution is 5.92. The number of aliphatic hydroxyl groups is 1. The molecule has 0 aliphatic heterocycles. The minimum atomic E-state index is -1.01. The first-order valence-corrected chi connectivity index (χ1v) is 6.65. The summed E-state index contributed by atoms with van der Waals surface area (Å²) < 4.78 is 0. The molecule has 0 bridgehead atoms. The van der Waals surface area contributed by atoms with Crippen LogP contribution in [0.5, 0.6) is 0 Å². The molecule has 19 heavy (non-hydrogen) atoms. The van der Waals surface area contributed by atoms with Crippen LogP contribution in [0.25, 0.3) is 0 Å². The molecular weight excluding hydrogens is 244 g/mol. The summed E-state index contributed by atoms with van der Waals surface area (Å²) in [4.78, 5) is 15.1. The van der Waals surface area contributed by atoms with Gasteiger partial charge in [0.15, 0.2) is 0 Å². The second-order valence-electron chi connectivity index (χ2n) is 5.48. The maximum atomic E-state index is 11.1. The lowest BCUT2D eigenvalue weighted by atomic mass is 9.79. The zero-order chi connectivity index (χ0) is 13.9. The lowest BCUT2D eigenvalue weighted by Crippen LogP contribution is -2.41. The topological polar surface area (TPSA) is 82.5 Å². The lowest BCUT2D eigenvalue weighted by molar-refractivity contribution is -0.000875. The lowest BCUT2D eigenvalue weighted by Gasteiger charge is -2.35. The SMILES string of the molecule is CC1CCCC(O)(CNc2ncccc2C(=O)O)C1. The van der Waals surface area contributed by atoms with Gasteiger partial charge in [0.2, 0.25) is 0 Å². The first kappa shape index (κ1) is 13.8. The third kappa shape index (κ3) is 3.44. The van der Waals surface area contributed by atoms with Gasteiger partial charge in [0.05, 0.1) is 5.60 Å². The van der Waals surface area contributed by atoms with Crippen LogP contribution < -0.4 is 5.32 Å². The summed E-state index contributed by atoms with van der Waals surface area (Å²) in [6, 6.07) is 3.09. The van der Waals surface area contributed by atoms with Gasteiger partial charge in [-0.2, -0.15) is 0 Å². The van der Waals surface area contributed by atoms with Crippen molar-refractivity contribution in [2.75, 3.05) is 11.9 Å². The van der Waals surface area contributed by atoms with Gasteiger partial charge >= 0.3 is 5.97 Å². The van der Waals surface area contributed by atoms with Gasteiger partial charge in [-0.1, -0.05) is 19.8 Å². The van der Waals surface area contributed by atoms with Crippen LogP contribution in [0.1, 0.15) is 43.0 Å². The summed E-state index contributed by atoms with van der Waals surface area (Å²) in [7, 11) is 0. The van der Waals surface area contributed by atoms with Gasteiger partial charge in [0, 0.05) is 12.7 Å². The fraction of sp³-hybridized carbons (Fsp3) is 0.571. The zero-order valence-corrected chi connectivity index (χ0v) is 11.1. The normalized spacial score (nSPS) is 26.9. The Morgan fingerprint density at radius 3 is 3.11 bits per heavy atom. The Bertz CT molecular complexity index is 464. The monoisotopic (exact) mass is 264 g/mol. The number of hydrogen-bond acceptors (Lipinski definition) is 4. The Hall–Kier alpha value is -1.62. The first-order chi connectivity index (χ1) is 9.00. The van der Waals surface area contributed by atoms with Crippen molar-refractivity contribution >= 4 is 11.8 Å². The molecule has 3 N–H and O–H groups in total. The van der Waals surface area contributed by atoms with Crippen LogP contribution >= 0.6 is 0 Å². The minimum absolute atomic E-state index is 0.134. The Morgan fingerprint density at radius 1 is 1.63 bits per heavy atom. The van der Waals surface area contributed by atoms with E-state index in [0.29, 0.717) is 18.3 Å².